The molecule has 0 bridgehead atoms. The molecule has 0 fully saturated rings. The van der Waals surface area contributed by atoms with Crippen LogP contribution in [0.3, 0.4) is 0 Å². The molecule has 0 amide bonds. The Morgan fingerprint density at radius 3 is 3.19 bits per heavy atom. The van der Waals surface area contributed by atoms with Gasteiger partial charge in [0.05, 0.1) is 17.1 Å². The van der Waals surface area contributed by atoms with Crippen LogP contribution in [0.2, 0.25) is 0 Å². The highest BCUT2D eigenvalue weighted by molar-refractivity contribution is 5.40. The number of nitrogens with zero attached hydrogens (tertiary/aromatic N) is 4. The van der Waals surface area contributed by atoms with Gasteiger partial charge in [-0.25, -0.2) is 4.52 Å². The van der Waals surface area contributed by atoms with Gasteiger partial charge in [-0.05, 0) is 38.6 Å². The SMILES string of the molecule is Cc1cc2nnc3c(n2n1)CC(CN)CC3. The average molecular weight is 217 g/mol. The molecule has 84 valence electrons. The predicted octanol–water partition coefficient (Wildman–Crippen LogP) is 0.496. The largest absolute Gasteiger partial charge is 0.330 e. The minimum atomic E-state index is 0.560. The molecule has 2 aromatic heterocycles. The number of aryl methyl sites for hydroxylation is 2. The molecule has 16 heavy (non-hydrogen) atoms. The molecular weight excluding hydrogens is 202 g/mol. The maximum absolute atomic E-state index is 5.74. The van der Waals surface area contributed by atoms with E-state index in [1.807, 2.05) is 17.5 Å². The first-order chi connectivity index (χ1) is 7.78. The van der Waals surface area contributed by atoms with Crippen molar-refractivity contribution in [2.24, 2.45) is 11.7 Å². The van der Waals surface area contributed by atoms with Crippen molar-refractivity contribution in [1.29, 1.82) is 0 Å². The lowest BCUT2D eigenvalue weighted by Gasteiger charge is -2.22. The van der Waals surface area contributed by atoms with Crippen LogP contribution in [0.15, 0.2) is 6.07 Å². The van der Waals surface area contributed by atoms with E-state index in [0.717, 1.165) is 42.8 Å². The Balaban J connectivity index is 2.17. The molecule has 2 aromatic rings. The fraction of sp³-hybridized carbons (Fsp3) is 0.545. The van der Waals surface area contributed by atoms with Crippen LogP contribution in [0, 0.1) is 12.8 Å². The zero-order valence-corrected chi connectivity index (χ0v) is 9.35. The van der Waals surface area contributed by atoms with Crippen molar-refractivity contribution in [2.45, 2.75) is 26.2 Å². The van der Waals surface area contributed by atoms with E-state index in [1.54, 1.807) is 0 Å². The summed E-state index contributed by atoms with van der Waals surface area (Å²) < 4.78 is 1.93. The molecular formula is C11H15N5. The van der Waals surface area contributed by atoms with E-state index in [1.165, 1.54) is 5.69 Å². The summed E-state index contributed by atoms with van der Waals surface area (Å²) in [5.41, 5.74) is 9.85. The Bertz CT molecular complexity index is 530. The summed E-state index contributed by atoms with van der Waals surface area (Å²) in [4.78, 5) is 0. The highest BCUT2D eigenvalue weighted by atomic mass is 15.3. The van der Waals surface area contributed by atoms with Crippen LogP contribution in [0.1, 0.15) is 23.5 Å². The molecule has 5 heteroatoms. The third kappa shape index (κ3) is 1.39. The molecule has 1 unspecified atom stereocenters. The lowest BCUT2D eigenvalue weighted by Crippen LogP contribution is -2.25. The molecule has 0 aliphatic heterocycles. The van der Waals surface area contributed by atoms with Gasteiger partial charge in [0.2, 0.25) is 0 Å². The second-order valence-electron chi connectivity index (χ2n) is 4.49. The van der Waals surface area contributed by atoms with E-state index in [2.05, 4.69) is 15.3 Å². The molecule has 2 heterocycles. The van der Waals surface area contributed by atoms with Crippen molar-refractivity contribution in [3.8, 4) is 0 Å². The van der Waals surface area contributed by atoms with E-state index in [0.29, 0.717) is 5.92 Å². The highest BCUT2D eigenvalue weighted by Gasteiger charge is 2.22. The minimum absolute atomic E-state index is 0.560. The Morgan fingerprint density at radius 2 is 2.38 bits per heavy atom. The van der Waals surface area contributed by atoms with Crippen LogP contribution < -0.4 is 5.73 Å². The molecule has 0 saturated heterocycles. The van der Waals surface area contributed by atoms with Crippen LogP contribution in [0.5, 0.6) is 0 Å². The summed E-state index contributed by atoms with van der Waals surface area (Å²) in [6.45, 7) is 2.72. The Morgan fingerprint density at radius 1 is 1.50 bits per heavy atom. The first-order valence-corrected chi connectivity index (χ1v) is 5.69. The van der Waals surface area contributed by atoms with E-state index >= 15 is 0 Å². The van der Waals surface area contributed by atoms with E-state index in [9.17, 15) is 0 Å². The van der Waals surface area contributed by atoms with Crippen LogP contribution in [-0.4, -0.2) is 26.4 Å². The Kier molecular flexibility index (Phi) is 2.14. The monoisotopic (exact) mass is 217 g/mol. The maximum Gasteiger partial charge on any atom is 0.177 e. The standard InChI is InChI=1S/C11H15N5/c1-7-4-11-14-13-9-3-2-8(6-12)5-10(9)16(11)15-7/h4,8H,2-3,5-6,12H2,1H3. The van der Waals surface area contributed by atoms with Gasteiger partial charge in [-0.1, -0.05) is 0 Å². The van der Waals surface area contributed by atoms with Gasteiger partial charge >= 0.3 is 0 Å². The quantitative estimate of drug-likeness (QED) is 0.755. The van der Waals surface area contributed by atoms with Gasteiger partial charge in [0.25, 0.3) is 0 Å². The smallest absolute Gasteiger partial charge is 0.177 e. The fourth-order valence-corrected chi connectivity index (χ4v) is 2.36. The second kappa shape index (κ2) is 3.52. The molecule has 2 N–H and O–H groups in total. The average Bonchev–Trinajstić information content (AvgIpc) is 2.69. The van der Waals surface area contributed by atoms with E-state index in [4.69, 9.17) is 5.73 Å². The molecule has 1 aliphatic carbocycles. The summed E-state index contributed by atoms with van der Waals surface area (Å²) >= 11 is 0. The zero-order valence-electron chi connectivity index (χ0n) is 9.35. The molecule has 3 rings (SSSR count). The number of rotatable bonds is 1. The Hall–Kier alpha value is -1.49. The number of fused-ring (bicyclic) bond motifs is 3. The zero-order chi connectivity index (χ0) is 11.1. The van der Waals surface area contributed by atoms with Crippen LogP contribution >= 0.6 is 0 Å². The normalized spacial score (nSPS) is 20.0. The summed E-state index contributed by atoms with van der Waals surface area (Å²) in [6, 6.07) is 1.96. The molecule has 0 aromatic carbocycles. The maximum atomic E-state index is 5.74. The highest BCUT2D eigenvalue weighted by Crippen LogP contribution is 2.23. The molecule has 1 atom stereocenters. The number of hydrogen-bond donors (Lipinski definition) is 1. The molecule has 0 spiro atoms. The van der Waals surface area contributed by atoms with Gasteiger partial charge < -0.3 is 5.73 Å². The summed E-state index contributed by atoms with van der Waals surface area (Å²) in [7, 11) is 0. The van der Waals surface area contributed by atoms with Gasteiger partial charge in [0, 0.05) is 6.07 Å². The molecule has 5 nitrogen and oxygen atoms in total. The predicted molar refractivity (Wildman–Crippen MR) is 60.1 cm³/mol. The third-order valence-electron chi connectivity index (χ3n) is 3.28. The number of hydrogen-bond acceptors (Lipinski definition) is 4. The van der Waals surface area contributed by atoms with Crippen LogP contribution in [0.4, 0.5) is 0 Å². The third-order valence-corrected chi connectivity index (χ3v) is 3.28. The number of nitrogens with two attached hydrogens (primary N) is 1. The van der Waals surface area contributed by atoms with Crippen LogP contribution in [-0.2, 0) is 12.8 Å². The first-order valence-electron chi connectivity index (χ1n) is 5.69. The van der Waals surface area contributed by atoms with Crippen LogP contribution in [0.25, 0.3) is 5.65 Å². The Labute approximate surface area is 93.7 Å². The lowest BCUT2D eigenvalue weighted by molar-refractivity contribution is 0.444. The van der Waals surface area contributed by atoms with Crippen molar-refractivity contribution < 1.29 is 0 Å². The minimum Gasteiger partial charge on any atom is -0.330 e. The molecule has 1 aliphatic rings. The van der Waals surface area contributed by atoms with Crippen molar-refractivity contribution in [3.63, 3.8) is 0 Å². The summed E-state index contributed by atoms with van der Waals surface area (Å²) in [6.07, 6.45) is 3.06. The van der Waals surface area contributed by atoms with Gasteiger partial charge in [-0.15, -0.1) is 5.10 Å². The van der Waals surface area contributed by atoms with Gasteiger partial charge in [0.1, 0.15) is 0 Å². The molecule has 0 saturated carbocycles. The van der Waals surface area contributed by atoms with Crippen molar-refractivity contribution in [2.75, 3.05) is 6.54 Å². The van der Waals surface area contributed by atoms with E-state index in [-0.39, 0.29) is 0 Å². The van der Waals surface area contributed by atoms with Gasteiger partial charge in [-0.3, -0.25) is 0 Å². The van der Waals surface area contributed by atoms with E-state index < -0.39 is 0 Å². The number of aromatic nitrogens is 4. The van der Waals surface area contributed by atoms with Gasteiger partial charge in [-0.2, -0.15) is 10.2 Å². The fourth-order valence-electron chi connectivity index (χ4n) is 2.36. The first kappa shape index (κ1) is 9.72. The summed E-state index contributed by atoms with van der Waals surface area (Å²) in [5.74, 6) is 0.560. The topological polar surface area (TPSA) is 69.1 Å². The van der Waals surface area contributed by atoms with Crippen molar-refractivity contribution in [1.82, 2.24) is 19.8 Å². The van der Waals surface area contributed by atoms with Gasteiger partial charge in [0.15, 0.2) is 5.65 Å². The second-order valence-corrected chi connectivity index (χ2v) is 4.49. The molecule has 0 radical (unpaired) electrons. The van der Waals surface area contributed by atoms with Crippen molar-refractivity contribution >= 4 is 5.65 Å². The lowest BCUT2D eigenvalue weighted by atomic mass is 9.90. The summed E-state index contributed by atoms with van der Waals surface area (Å²) in [5, 5.41) is 12.9. The van der Waals surface area contributed by atoms with Crippen molar-refractivity contribution in [3.05, 3.63) is 23.1 Å².